The number of rotatable bonds is 3. The molecule has 5 rings (SSSR count). The molecule has 1 aromatic carbocycles. The van der Waals surface area contributed by atoms with Gasteiger partial charge in [-0.3, -0.25) is 4.90 Å². The van der Waals surface area contributed by atoms with Gasteiger partial charge in [0.05, 0.1) is 12.2 Å². The van der Waals surface area contributed by atoms with E-state index in [2.05, 4.69) is 47.9 Å². The Balaban J connectivity index is 1.65. The summed E-state index contributed by atoms with van der Waals surface area (Å²) in [6, 6.07) is 8.65. The molecule has 2 heteroatoms. The topological polar surface area (TPSA) is 6.48 Å². The second-order valence-electron chi connectivity index (χ2n) is 9.42. The van der Waals surface area contributed by atoms with Gasteiger partial charge in [-0.2, -0.15) is 0 Å². The standard InChI is InChI=1S/C25H36N2/c1-18-10-4-9-15-23(18)26-19(2)24-16-17-25(27(24)20(26)3,21-11-5-6-12-21)22-13-7-8-14-22/h4,9-10,15-17,19-22,24H,5-8,11-14H2,1-3H3/t19-,20?,24?/m0/s1/i3D3. The van der Waals surface area contributed by atoms with Gasteiger partial charge >= 0.3 is 0 Å². The summed E-state index contributed by atoms with van der Waals surface area (Å²) >= 11 is 0. The highest BCUT2D eigenvalue weighted by atomic mass is 15.5. The van der Waals surface area contributed by atoms with E-state index < -0.39 is 13.0 Å². The van der Waals surface area contributed by atoms with E-state index in [9.17, 15) is 0 Å². The van der Waals surface area contributed by atoms with Crippen LogP contribution in [0.2, 0.25) is 0 Å². The summed E-state index contributed by atoms with van der Waals surface area (Å²) in [7, 11) is 0. The third-order valence-corrected chi connectivity index (χ3v) is 8.20. The molecule has 0 aromatic heterocycles. The van der Waals surface area contributed by atoms with E-state index in [1.54, 1.807) is 0 Å². The lowest BCUT2D eigenvalue weighted by molar-refractivity contribution is 0.0146. The van der Waals surface area contributed by atoms with Crippen molar-refractivity contribution < 1.29 is 4.11 Å². The van der Waals surface area contributed by atoms with Gasteiger partial charge in [0, 0.05) is 21.4 Å². The minimum Gasteiger partial charge on any atom is -0.351 e. The Morgan fingerprint density at radius 3 is 2.22 bits per heavy atom. The van der Waals surface area contributed by atoms with E-state index in [0.29, 0.717) is 11.8 Å². The number of benzene rings is 1. The quantitative estimate of drug-likeness (QED) is 0.613. The zero-order valence-corrected chi connectivity index (χ0v) is 16.9. The van der Waals surface area contributed by atoms with Crippen LogP contribution in [0, 0.1) is 18.8 Å². The van der Waals surface area contributed by atoms with E-state index in [4.69, 9.17) is 4.11 Å². The minimum atomic E-state index is -2.06. The lowest BCUT2D eigenvalue weighted by Crippen LogP contribution is -2.58. The van der Waals surface area contributed by atoms with E-state index in [1.807, 2.05) is 12.1 Å². The summed E-state index contributed by atoms with van der Waals surface area (Å²) in [4.78, 5) is 4.75. The van der Waals surface area contributed by atoms with Gasteiger partial charge in [-0.25, -0.2) is 0 Å². The first-order valence-electron chi connectivity index (χ1n) is 12.7. The summed E-state index contributed by atoms with van der Waals surface area (Å²) in [6.07, 6.45) is 14.5. The average molecular weight is 368 g/mol. The molecule has 1 aromatic rings. The molecule has 0 radical (unpaired) electrons. The molecule has 2 nitrogen and oxygen atoms in total. The van der Waals surface area contributed by atoms with Gasteiger partial charge in [-0.05, 0) is 69.8 Å². The Bertz CT molecular complexity index is 789. The van der Waals surface area contributed by atoms with Crippen LogP contribution in [0.3, 0.4) is 0 Å². The molecule has 3 fully saturated rings. The smallest absolute Gasteiger partial charge is 0.0808 e. The van der Waals surface area contributed by atoms with E-state index >= 15 is 0 Å². The van der Waals surface area contributed by atoms with E-state index in [1.165, 1.54) is 51.4 Å². The molecule has 4 aliphatic rings. The van der Waals surface area contributed by atoms with Gasteiger partial charge in [-0.1, -0.05) is 56.0 Å². The summed E-state index contributed by atoms with van der Waals surface area (Å²) < 4.78 is 26.0. The summed E-state index contributed by atoms with van der Waals surface area (Å²) in [6.45, 7) is 2.29. The summed E-state index contributed by atoms with van der Waals surface area (Å²) in [5.74, 6) is 1.19. The molecule has 0 bridgehead atoms. The minimum absolute atomic E-state index is 0.0809. The predicted octanol–water partition coefficient (Wildman–Crippen LogP) is 5.91. The molecular weight excluding hydrogens is 328 g/mol. The van der Waals surface area contributed by atoms with Crippen molar-refractivity contribution in [2.45, 2.75) is 95.9 Å². The SMILES string of the molecule is [2H]C([2H])([2H])C1N(c2ccccc2C)[C@@H](C)C2C=CC(C3CCCC3)(C3CCCC3)N21. The van der Waals surface area contributed by atoms with Crippen molar-refractivity contribution in [2.24, 2.45) is 11.8 Å². The second kappa shape index (κ2) is 6.65. The van der Waals surface area contributed by atoms with Gasteiger partial charge in [0.15, 0.2) is 0 Å². The van der Waals surface area contributed by atoms with Crippen molar-refractivity contribution in [3.63, 3.8) is 0 Å². The maximum atomic E-state index is 8.66. The Labute approximate surface area is 169 Å². The van der Waals surface area contributed by atoms with Crippen LogP contribution in [0.15, 0.2) is 36.4 Å². The first kappa shape index (κ1) is 14.7. The van der Waals surface area contributed by atoms with Crippen molar-refractivity contribution in [2.75, 3.05) is 4.90 Å². The van der Waals surface area contributed by atoms with Crippen LogP contribution in [0.5, 0.6) is 0 Å². The Morgan fingerprint density at radius 1 is 1.00 bits per heavy atom. The number of para-hydroxylation sites is 1. The van der Waals surface area contributed by atoms with Gasteiger partial charge in [0.25, 0.3) is 0 Å². The number of fused-ring (bicyclic) bond motifs is 1. The lowest BCUT2D eigenvalue weighted by atomic mass is 9.71. The molecule has 27 heavy (non-hydrogen) atoms. The number of anilines is 1. The molecule has 0 N–H and O–H groups in total. The molecule has 3 atom stereocenters. The maximum absolute atomic E-state index is 8.66. The van der Waals surface area contributed by atoms with E-state index in [-0.39, 0.29) is 17.6 Å². The normalized spacial score (nSPS) is 36.1. The third kappa shape index (κ3) is 2.48. The molecule has 2 aliphatic carbocycles. The molecule has 2 saturated carbocycles. The number of hydrogen-bond acceptors (Lipinski definition) is 2. The fraction of sp³-hybridized carbons (Fsp3) is 0.680. The fourth-order valence-corrected chi connectivity index (χ4v) is 6.99. The van der Waals surface area contributed by atoms with Crippen LogP contribution >= 0.6 is 0 Å². The molecule has 0 spiro atoms. The van der Waals surface area contributed by atoms with Crippen LogP contribution in [-0.4, -0.2) is 28.7 Å². The fourth-order valence-electron chi connectivity index (χ4n) is 6.99. The third-order valence-electron chi connectivity index (χ3n) is 8.20. The van der Waals surface area contributed by atoms with Crippen LogP contribution in [-0.2, 0) is 0 Å². The average Bonchev–Trinajstić information content (AvgIpc) is 3.48. The second-order valence-corrected chi connectivity index (χ2v) is 9.42. The molecule has 146 valence electrons. The van der Waals surface area contributed by atoms with Crippen LogP contribution in [0.1, 0.15) is 74.8 Å². The Morgan fingerprint density at radius 2 is 1.63 bits per heavy atom. The molecule has 1 saturated heterocycles. The number of nitrogens with zero attached hydrogens (tertiary/aromatic N) is 2. The summed E-state index contributed by atoms with van der Waals surface area (Å²) in [5, 5.41) is 0. The summed E-state index contributed by atoms with van der Waals surface area (Å²) in [5.41, 5.74) is 2.17. The lowest BCUT2D eigenvalue weighted by Gasteiger charge is -2.49. The van der Waals surface area contributed by atoms with Crippen LogP contribution in [0.25, 0.3) is 0 Å². The monoisotopic (exact) mass is 367 g/mol. The van der Waals surface area contributed by atoms with Crippen molar-refractivity contribution in [3.8, 4) is 0 Å². The molecule has 2 aliphatic heterocycles. The van der Waals surface area contributed by atoms with E-state index in [0.717, 1.165) is 11.3 Å². The Hall–Kier alpha value is -1.28. The van der Waals surface area contributed by atoms with Crippen LogP contribution < -0.4 is 4.90 Å². The molecule has 2 heterocycles. The zero-order valence-electron chi connectivity index (χ0n) is 19.9. The first-order valence-corrected chi connectivity index (χ1v) is 11.2. The van der Waals surface area contributed by atoms with Crippen LogP contribution in [0.4, 0.5) is 5.69 Å². The van der Waals surface area contributed by atoms with Crippen molar-refractivity contribution >= 4 is 5.69 Å². The van der Waals surface area contributed by atoms with Crippen molar-refractivity contribution in [3.05, 3.63) is 42.0 Å². The molecular formula is C25H36N2. The zero-order chi connectivity index (χ0) is 21.1. The van der Waals surface area contributed by atoms with Gasteiger partial charge in [0.2, 0.25) is 0 Å². The first-order chi connectivity index (χ1) is 14.4. The highest BCUT2D eigenvalue weighted by Crippen LogP contribution is 2.55. The highest BCUT2D eigenvalue weighted by Gasteiger charge is 2.59. The Kier molecular flexibility index (Phi) is 3.62. The molecule has 2 unspecified atom stereocenters. The van der Waals surface area contributed by atoms with Crippen molar-refractivity contribution in [1.82, 2.24) is 4.90 Å². The molecule has 0 amide bonds. The van der Waals surface area contributed by atoms with Gasteiger partial charge in [0.1, 0.15) is 0 Å². The largest absolute Gasteiger partial charge is 0.351 e. The van der Waals surface area contributed by atoms with Gasteiger partial charge in [-0.15, -0.1) is 0 Å². The number of hydrogen-bond donors (Lipinski definition) is 0. The maximum Gasteiger partial charge on any atom is 0.0808 e. The van der Waals surface area contributed by atoms with Gasteiger partial charge < -0.3 is 4.90 Å². The number of aryl methyl sites for hydroxylation is 1. The highest BCUT2D eigenvalue weighted by molar-refractivity contribution is 5.57. The van der Waals surface area contributed by atoms with Crippen molar-refractivity contribution in [1.29, 1.82) is 0 Å². The predicted molar refractivity (Wildman–Crippen MR) is 114 cm³/mol.